The minimum absolute atomic E-state index is 0.0415. The minimum Gasteiger partial charge on any atom is -0.326 e. The Labute approximate surface area is 206 Å². The number of amidine groups is 1. The second-order valence-corrected chi connectivity index (χ2v) is 10.5. The van der Waals surface area contributed by atoms with Crippen molar-refractivity contribution in [2.24, 2.45) is 10.1 Å². The molecular weight excluding hydrogens is 464 g/mol. The van der Waals surface area contributed by atoms with Crippen molar-refractivity contribution < 1.29 is 9.59 Å². The second kappa shape index (κ2) is 9.56. The number of nitrogens with zero attached hydrogens (tertiary/aromatic N) is 3. The summed E-state index contributed by atoms with van der Waals surface area (Å²) in [6.45, 7) is 3.97. The topological polar surface area (TPSA) is 74.1 Å². The van der Waals surface area contributed by atoms with Gasteiger partial charge in [-0.1, -0.05) is 65.9 Å². The van der Waals surface area contributed by atoms with Crippen LogP contribution in [0.3, 0.4) is 0 Å². The van der Waals surface area contributed by atoms with Gasteiger partial charge in [0.1, 0.15) is 5.25 Å². The number of carbonyl (C=O) groups excluding carboxylic acids is 2. The van der Waals surface area contributed by atoms with Gasteiger partial charge < -0.3 is 5.32 Å². The maximum absolute atomic E-state index is 12.7. The summed E-state index contributed by atoms with van der Waals surface area (Å²) in [6, 6.07) is 20.0. The fraction of sp³-hybridized carbons (Fsp3) is 0.231. The van der Waals surface area contributed by atoms with Crippen molar-refractivity contribution in [1.82, 2.24) is 5.01 Å². The number of carbonyl (C=O) groups is 2. The van der Waals surface area contributed by atoms with E-state index in [0.717, 1.165) is 39.4 Å². The van der Waals surface area contributed by atoms with Crippen molar-refractivity contribution in [2.75, 3.05) is 5.32 Å². The summed E-state index contributed by atoms with van der Waals surface area (Å²) in [5, 5.41) is 11.7. The zero-order valence-corrected chi connectivity index (χ0v) is 20.5. The number of nitrogens with one attached hydrogen (secondary N) is 1. The van der Waals surface area contributed by atoms with E-state index in [1.165, 1.54) is 11.8 Å². The lowest BCUT2D eigenvalue weighted by Crippen LogP contribution is -2.25. The zero-order valence-electron chi connectivity index (χ0n) is 18.9. The normalized spacial score (nSPS) is 19.8. The molecule has 3 heterocycles. The van der Waals surface area contributed by atoms with Crippen molar-refractivity contribution in [2.45, 2.75) is 38.0 Å². The molecular formula is C26H24N4O2S2. The van der Waals surface area contributed by atoms with E-state index in [0.29, 0.717) is 5.17 Å². The van der Waals surface area contributed by atoms with E-state index in [1.54, 1.807) is 11.3 Å². The van der Waals surface area contributed by atoms with Crippen LogP contribution in [0.4, 0.5) is 5.69 Å². The van der Waals surface area contributed by atoms with Gasteiger partial charge in [0, 0.05) is 18.5 Å². The number of hydrogen-bond acceptors (Lipinski definition) is 6. The molecule has 0 radical (unpaired) electrons. The molecule has 0 fully saturated rings. The van der Waals surface area contributed by atoms with Crippen molar-refractivity contribution in [3.05, 3.63) is 87.6 Å². The van der Waals surface area contributed by atoms with Crippen molar-refractivity contribution in [3.8, 4) is 0 Å². The molecule has 2 aliphatic rings. The van der Waals surface area contributed by atoms with Crippen molar-refractivity contribution >= 4 is 51.5 Å². The molecule has 0 unspecified atom stereocenters. The summed E-state index contributed by atoms with van der Waals surface area (Å²) in [4.78, 5) is 30.9. The number of hydrazone groups is 1. The van der Waals surface area contributed by atoms with Crippen LogP contribution in [-0.2, 0) is 9.59 Å². The Bertz CT molecular complexity index is 1290. The van der Waals surface area contributed by atoms with Crippen molar-refractivity contribution in [3.63, 3.8) is 0 Å². The molecule has 2 atom stereocenters. The Morgan fingerprint density at radius 3 is 2.68 bits per heavy atom. The highest BCUT2D eigenvalue weighted by Crippen LogP contribution is 2.39. The fourth-order valence-corrected chi connectivity index (χ4v) is 5.92. The molecule has 0 spiro atoms. The Morgan fingerprint density at radius 1 is 1.12 bits per heavy atom. The quantitative estimate of drug-likeness (QED) is 0.512. The number of aliphatic imine (C=N–C) groups is 1. The van der Waals surface area contributed by atoms with Gasteiger partial charge in [0.2, 0.25) is 5.91 Å². The Kier molecular flexibility index (Phi) is 6.34. The molecule has 6 nitrogen and oxygen atoms in total. The molecule has 0 aliphatic carbocycles. The SMILES string of the molecule is Cc1ccc(NC(=O)C[C@H]2SC(N3N=C(c4cccs4)C[C@H]3c3ccccc3)=NC2=O)c(C)c1. The molecule has 0 bridgehead atoms. The van der Waals surface area contributed by atoms with E-state index in [1.807, 2.05) is 66.7 Å². The first kappa shape index (κ1) is 22.6. The lowest BCUT2D eigenvalue weighted by Gasteiger charge is -2.23. The number of thiophene rings is 1. The number of hydrogen-bond donors (Lipinski definition) is 1. The van der Waals surface area contributed by atoms with Gasteiger partial charge in [-0.2, -0.15) is 10.1 Å². The smallest absolute Gasteiger partial charge is 0.262 e. The van der Waals surface area contributed by atoms with Gasteiger partial charge >= 0.3 is 0 Å². The highest BCUT2D eigenvalue weighted by atomic mass is 32.2. The van der Waals surface area contributed by atoms with Gasteiger partial charge in [-0.25, -0.2) is 5.01 Å². The molecule has 1 aromatic heterocycles. The van der Waals surface area contributed by atoms with Gasteiger partial charge in [-0.05, 0) is 42.5 Å². The third kappa shape index (κ3) is 4.69. The third-order valence-corrected chi connectivity index (χ3v) is 7.91. The van der Waals surface area contributed by atoms with E-state index in [-0.39, 0.29) is 24.3 Å². The summed E-state index contributed by atoms with van der Waals surface area (Å²) >= 11 is 2.97. The summed E-state index contributed by atoms with van der Waals surface area (Å²) in [5.41, 5.74) is 4.99. The summed E-state index contributed by atoms with van der Waals surface area (Å²) in [6.07, 6.45) is 0.797. The molecule has 2 aromatic carbocycles. The molecule has 5 rings (SSSR count). The van der Waals surface area contributed by atoms with Crippen LogP contribution in [0.1, 0.15) is 40.5 Å². The average molecular weight is 489 g/mol. The van der Waals surface area contributed by atoms with Gasteiger partial charge in [-0.3, -0.25) is 9.59 Å². The molecule has 172 valence electrons. The van der Waals surface area contributed by atoms with E-state index in [2.05, 4.69) is 28.5 Å². The summed E-state index contributed by atoms with van der Waals surface area (Å²) in [7, 11) is 0. The molecule has 0 saturated carbocycles. The standard InChI is InChI=1S/C26H24N4O2S2/c1-16-10-11-19(17(2)13-16)27-24(31)15-23-25(32)28-26(34-23)30-21(18-7-4-3-5-8-18)14-20(29-30)22-9-6-12-33-22/h3-13,21,23H,14-15H2,1-2H3,(H,27,31)/t21-,23+/m0/s1. The summed E-state index contributed by atoms with van der Waals surface area (Å²) in [5.74, 6) is -0.486. The van der Waals surface area contributed by atoms with Crippen LogP contribution in [0.5, 0.6) is 0 Å². The number of thioether (sulfide) groups is 1. The zero-order chi connectivity index (χ0) is 23.7. The van der Waals surface area contributed by atoms with Crippen LogP contribution in [0.25, 0.3) is 0 Å². The number of benzene rings is 2. The Morgan fingerprint density at radius 2 is 1.94 bits per heavy atom. The predicted molar refractivity (Wildman–Crippen MR) is 139 cm³/mol. The molecule has 2 aliphatic heterocycles. The predicted octanol–water partition coefficient (Wildman–Crippen LogP) is 5.54. The molecule has 8 heteroatoms. The van der Waals surface area contributed by atoms with E-state index in [9.17, 15) is 9.59 Å². The van der Waals surface area contributed by atoms with Gasteiger partial charge in [0.25, 0.3) is 5.91 Å². The number of rotatable bonds is 5. The van der Waals surface area contributed by atoms with Crippen LogP contribution in [0, 0.1) is 13.8 Å². The van der Waals surface area contributed by atoms with E-state index >= 15 is 0 Å². The minimum atomic E-state index is -0.557. The van der Waals surface area contributed by atoms with Crippen LogP contribution in [0.2, 0.25) is 0 Å². The molecule has 0 saturated heterocycles. The van der Waals surface area contributed by atoms with Crippen LogP contribution < -0.4 is 5.32 Å². The largest absolute Gasteiger partial charge is 0.326 e. The number of amides is 2. The Hall–Kier alpha value is -3.23. The van der Waals surface area contributed by atoms with Gasteiger partial charge in [0.15, 0.2) is 5.17 Å². The van der Waals surface area contributed by atoms with Crippen LogP contribution in [-0.4, -0.2) is 33.0 Å². The number of aryl methyl sites for hydroxylation is 2. The maximum Gasteiger partial charge on any atom is 0.262 e. The molecule has 3 aromatic rings. The average Bonchev–Trinajstić information content (AvgIpc) is 3.57. The van der Waals surface area contributed by atoms with Crippen molar-refractivity contribution in [1.29, 1.82) is 0 Å². The number of anilines is 1. The highest BCUT2D eigenvalue weighted by molar-refractivity contribution is 8.15. The monoisotopic (exact) mass is 488 g/mol. The lowest BCUT2D eigenvalue weighted by molar-refractivity contribution is -0.121. The maximum atomic E-state index is 12.7. The first-order valence-electron chi connectivity index (χ1n) is 11.1. The first-order chi connectivity index (χ1) is 16.5. The van der Waals surface area contributed by atoms with E-state index < -0.39 is 5.25 Å². The molecule has 1 N–H and O–H groups in total. The Balaban J connectivity index is 1.32. The second-order valence-electron chi connectivity index (χ2n) is 8.41. The third-order valence-electron chi connectivity index (χ3n) is 5.85. The van der Waals surface area contributed by atoms with Gasteiger partial charge in [0.05, 0.1) is 16.6 Å². The highest BCUT2D eigenvalue weighted by Gasteiger charge is 2.39. The molecule has 34 heavy (non-hydrogen) atoms. The van der Waals surface area contributed by atoms with E-state index in [4.69, 9.17) is 5.10 Å². The summed E-state index contributed by atoms with van der Waals surface area (Å²) < 4.78 is 0. The lowest BCUT2D eigenvalue weighted by atomic mass is 10.0. The van der Waals surface area contributed by atoms with Crippen LogP contribution in [0.15, 0.2) is 76.1 Å². The molecule has 2 amide bonds. The van der Waals surface area contributed by atoms with Crippen LogP contribution >= 0.6 is 23.1 Å². The van der Waals surface area contributed by atoms with Gasteiger partial charge in [-0.15, -0.1) is 11.3 Å². The first-order valence-corrected chi connectivity index (χ1v) is 12.9. The fourth-order valence-electron chi connectivity index (χ4n) is 4.14.